The van der Waals surface area contributed by atoms with Crippen molar-refractivity contribution in [1.82, 2.24) is 9.80 Å². The van der Waals surface area contributed by atoms with Crippen molar-refractivity contribution in [3.8, 4) is 0 Å². The van der Waals surface area contributed by atoms with Gasteiger partial charge in [-0.05, 0) is 78.7 Å². The van der Waals surface area contributed by atoms with Crippen molar-refractivity contribution >= 4 is 34.8 Å². The fraction of sp³-hybridized carbons (Fsp3) is 0.280. The van der Waals surface area contributed by atoms with Gasteiger partial charge >= 0.3 is 0 Å². The molecule has 166 valence electrons. The Morgan fingerprint density at radius 1 is 1.03 bits per heavy atom. The van der Waals surface area contributed by atoms with E-state index in [4.69, 9.17) is 11.6 Å². The molecule has 1 saturated carbocycles. The lowest BCUT2D eigenvalue weighted by Crippen LogP contribution is -2.43. The lowest BCUT2D eigenvalue weighted by atomic mass is 10.1. The van der Waals surface area contributed by atoms with Gasteiger partial charge in [-0.2, -0.15) is 0 Å². The van der Waals surface area contributed by atoms with Crippen LogP contribution in [0.4, 0.5) is 4.39 Å². The van der Waals surface area contributed by atoms with Crippen LogP contribution in [0.2, 0.25) is 5.02 Å². The summed E-state index contributed by atoms with van der Waals surface area (Å²) in [7, 11) is 0. The molecule has 3 aromatic rings. The first-order valence-electron chi connectivity index (χ1n) is 10.5. The predicted octanol–water partition coefficient (Wildman–Crippen LogP) is 5.68. The molecule has 2 amide bonds. The van der Waals surface area contributed by atoms with Crippen LogP contribution in [-0.4, -0.2) is 34.2 Å². The average Bonchev–Trinajstić information content (AvgIpc) is 3.55. The second-order valence-electron chi connectivity index (χ2n) is 8.07. The van der Waals surface area contributed by atoms with Crippen molar-refractivity contribution in [2.24, 2.45) is 0 Å². The first-order valence-corrected chi connectivity index (χ1v) is 11.8. The normalized spacial score (nSPS) is 13.1. The molecule has 1 fully saturated rings. The van der Waals surface area contributed by atoms with Crippen LogP contribution in [0.1, 0.15) is 39.2 Å². The van der Waals surface area contributed by atoms with E-state index in [2.05, 4.69) is 0 Å². The van der Waals surface area contributed by atoms with Gasteiger partial charge in [0.05, 0.1) is 6.54 Å². The SMILES string of the molecule is Cc1ccsc1CN(Cc1ccc(F)cc1)C(=O)CN(C(=O)c1ccc(Cl)cc1)C1CC1. The fourth-order valence-corrected chi connectivity index (χ4v) is 4.59. The molecule has 4 rings (SSSR count). The number of nitrogens with zero attached hydrogens (tertiary/aromatic N) is 2. The Labute approximate surface area is 196 Å². The van der Waals surface area contributed by atoms with Crippen LogP contribution in [0.15, 0.2) is 60.0 Å². The molecule has 0 aliphatic heterocycles. The molecular weight excluding hydrogens is 447 g/mol. The van der Waals surface area contributed by atoms with Crippen LogP contribution in [0, 0.1) is 12.7 Å². The van der Waals surface area contributed by atoms with Gasteiger partial charge in [-0.25, -0.2) is 4.39 Å². The smallest absolute Gasteiger partial charge is 0.254 e. The number of benzene rings is 2. The highest BCUT2D eigenvalue weighted by molar-refractivity contribution is 7.10. The number of aryl methyl sites for hydroxylation is 1. The lowest BCUT2D eigenvalue weighted by molar-refractivity contribution is -0.133. The maximum absolute atomic E-state index is 13.4. The highest BCUT2D eigenvalue weighted by atomic mass is 35.5. The van der Waals surface area contributed by atoms with Gasteiger partial charge in [-0.1, -0.05) is 23.7 Å². The first kappa shape index (κ1) is 22.5. The maximum Gasteiger partial charge on any atom is 0.254 e. The van der Waals surface area contributed by atoms with Gasteiger partial charge in [0.1, 0.15) is 12.4 Å². The van der Waals surface area contributed by atoms with Gasteiger partial charge in [-0.15, -0.1) is 11.3 Å². The van der Waals surface area contributed by atoms with Gasteiger partial charge in [0.15, 0.2) is 0 Å². The molecule has 0 N–H and O–H groups in total. The molecular formula is C25H24ClFN2O2S. The summed E-state index contributed by atoms with van der Waals surface area (Å²) in [5.74, 6) is -0.600. The van der Waals surface area contributed by atoms with Gasteiger partial charge in [-0.3, -0.25) is 9.59 Å². The van der Waals surface area contributed by atoms with Crippen LogP contribution in [0.5, 0.6) is 0 Å². The second-order valence-corrected chi connectivity index (χ2v) is 9.51. The maximum atomic E-state index is 13.4. The van der Waals surface area contributed by atoms with Crippen LogP contribution in [0.25, 0.3) is 0 Å². The fourth-order valence-electron chi connectivity index (χ4n) is 3.54. The largest absolute Gasteiger partial charge is 0.332 e. The van der Waals surface area contributed by atoms with E-state index >= 15 is 0 Å². The van der Waals surface area contributed by atoms with Crippen LogP contribution in [-0.2, 0) is 17.9 Å². The van der Waals surface area contributed by atoms with Gasteiger partial charge in [0.25, 0.3) is 5.91 Å². The number of thiophene rings is 1. The Morgan fingerprint density at radius 3 is 2.31 bits per heavy atom. The van der Waals surface area contributed by atoms with Crippen molar-refractivity contribution in [2.45, 2.75) is 38.9 Å². The zero-order chi connectivity index (χ0) is 22.7. The number of halogens is 2. The monoisotopic (exact) mass is 470 g/mol. The van der Waals surface area contributed by atoms with E-state index in [-0.39, 0.29) is 30.2 Å². The summed E-state index contributed by atoms with van der Waals surface area (Å²) in [5, 5.41) is 2.57. The van der Waals surface area contributed by atoms with Gasteiger partial charge in [0, 0.05) is 28.0 Å². The van der Waals surface area contributed by atoms with Crippen LogP contribution in [0.3, 0.4) is 0 Å². The zero-order valence-corrected chi connectivity index (χ0v) is 19.3. The standard InChI is InChI=1S/C25H24ClFN2O2S/c1-17-12-13-32-23(17)15-28(14-18-2-8-21(27)9-3-18)24(30)16-29(22-10-11-22)25(31)19-4-6-20(26)7-5-19/h2-9,12-13,22H,10-11,14-16H2,1H3. The molecule has 0 saturated heterocycles. The summed E-state index contributed by atoms with van der Waals surface area (Å²) in [5.41, 5.74) is 2.49. The molecule has 1 heterocycles. The van der Waals surface area contributed by atoms with E-state index in [0.29, 0.717) is 23.7 Å². The highest BCUT2D eigenvalue weighted by Gasteiger charge is 2.35. The first-order chi connectivity index (χ1) is 15.4. The summed E-state index contributed by atoms with van der Waals surface area (Å²) in [6.45, 7) is 2.84. The molecule has 0 atom stereocenters. The third-order valence-electron chi connectivity index (χ3n) is 5.59. The lowest BCUT2D eigenvalue weighted by Gasteiger charge is -2.28. The molecule has 1 aliphatic rings. The Bertz CT molecular complexity index is 1090. The van der Waals surface area contributed by atoms with E-state index in [0.717, 1.165) is 28.8 Å². The summed E-state index contributed by atoms with van der Waals surface area (Å²) < 4.78 is 13.4. The molecule has 0 unspecified atom stereocenters. The molecule has 4 nitrogen and oxygen atoms in total. The second kappa shape index (κ2) is 9.84. The summed E-state index contributed by atoms with van der Waals surface area (Å²) in [6, 6.07) is 15.0. The third kappa shape index (κ3) is 5.56. The van der Waals surface area contributed by atoms with E-state index < -0.39 is 0 Å². The minimum Gasteiger partial charge on any atom is -0.332 e. The predicted molar refractivity (Wildman–Crippen MR) is 125 cm³/mol. The minimum atomic E-state index is -0.311. The Kier molecular flexibility index (Phi) is 6.92. The summed E-state index contributed by atoms with van der Waals surface area (Å²) >= 11 is 7.56. The van der Waals surface area contributed by atoms with E-state index in [1.165, 1.54) is 12.1 Å². The van der Waals surface area contributed by atoms with Crippen LogP contribution >= 0.6 is 22.9 Å². The zero-order valence-electron chi connectivity index (χ0n) is 17.8. The van der Waals surface area contributed by atoms with Crippen molar-refractivity contribution in [3.63, 3.8) is 0 Å². The third-order valence-corrected chi connectivity index (χ3v) is 6.85. The number of carbonyl (C=O) groups excluding carboxylic acids is 2. The minimum absolute atomic E-state index is 0.0117. The van der Waals surface area contributed by atoms with Crippen molar-refractivity contribution in [1.29, 1.82) is 0 Å². The Balaban J connectivity index is 1.54. The van der Waals surface area contributed by atoms with E-state index in [1.807, 2.05) is 18.4 Å². The molecule has 7 heteroatoms. The van der Waals surface area contributed by atoms with Crippen molar-refractivity contribution < 1.29 is 14.0 Å². The molecule has 2 aromatic carbocycles. The number of hydrogen-bond acceptors (Lipinski definition) is 3. The van der Waals surface area contributed by atoms with Crippen molar-refractivity contribution in [2.75, 3.05) is 6.54 Å². The number of amides is 2. The Hall–Kier alpha value is -2.70. The quantitative estimate of drug-likeness (QED) is 0.424. The van der Waals surface area contributed by atoms with Crippen LogP contribution < -0.4 is 0 Å². The molecule has 32 heavy (non-hydrogen) atoms. The Morgan fingerprint density at radius 2 is 1.72 bits per heavy atom. The summed E-state index contributed by atoms with van der Waals surface area (Å²) in [6.07, 6.45) is 1.79. The molecule has 0 spiro atoms. The average molecular weight is 471 g/mol. The number of rotatable bonds is 8. The van der Waals surface area contributed by atoms with Gasteiger partial charge in [0.2, 0.25) is 5.91 Å². The van der Waals surface area contributed by atoms with E-state index in [9.17, 15) is 14.0 Å². The number of carbonyl (C=O) groups is 2. The van der Waals surface area contributed by atoms with Crippen molar-refractivity contribution in [3.05, 3.63) is 92.4 Å². The molecule has 1 aliphatic carbocycles. The topological polar surface area (TPSA) is 40.6 Å². The highest BCUT2D eigenvalue weighted by Crippen LogP contribution is 2.29. The molecule has 1 aromatic heterocycles. The van der Waals surface area contributed by atoms with E-state index in [1.54, 1.807) is 57.5 Å². The summed E-state index contributed by atoms with van der Waals surface area (Å²) in [4.78, 5) is 31.1. The molecule has 0 radical (unpaired) electrons. The molecule has 0 bridgehead atoms. The van der Waals surface area contributed by atoms with Gasteiger partial charge < -0.3 is 9.80 Å². The number of hydrogen-bond donors (Lipinski definition) is 0.